The first-order valence-corrected chi connectivity index (χ1v) is 8.31. The zero-order valence-corrected chi connectivity index (χ0v) is 13.5. The first-order chi connectivity index (χ1) is 11.6. The number of aryl methyl sites for hydroxylation is 1. The maximum Gasteiger partial charge on any atom is 0.335 e. The smallest absolute Gasteiger partial charge is 0.335 e. The lowest BCUT2D eigenvalue weighted by Gasteiger charge is -2.25. The van der Waals surface area contributed by atoms with Gasteiger partial charge in [-0.05, 0) is 42.0 Å². The van der Waals surface area contributed by atoms with Crippen LogP contribution in [-0.4, -0.2) is 23.5 Å². The molecule has 2 aromatic rings. The van der Waals surface area contributed by atoms with E-state index >= 15 is 0 Å². The van der Waals surface area contributed by atoms with Gasteiger partial charge in [0.1, 0.15) is 0 Å². The van der Waals surface area contributed by atoms with Gasteiger partial charge in [-0.2, -0.15) is 0 Å². The van der Waals surface area contributed by atoms with E-state index < -0.39 is 5.97 Å². The molecule has 1 unspecified atom stereocenters. The van der Waals surface area contributed by atoms with Gasteiger partial charge in [-0.1, -0.05) is 42.5 Å². The van der Waals surface area contributed by atoms with Crippen LogP contribution in [0.25, 0.3) is 0 Å². The highest BCUT2D eigenvalue weighted by atomic mass is 16.4. The SMILES string of the molecule is O=C(Cc1ccccc1C(=O)O)NCC1CCCc2ccccc21. The highest BCUT2D eigenvalue weighted by Crippen LogP contribution is 2.30. The number of amides is 1. The van der Waals surface area contributed by atoms with Gasteiger partial charge in [0.2, 0.25) is 5.91 Å². The van der Waals surface area contributed by atoms with Crippen molar-refractivity contribution < 1.29 is 14.7 Å². The summed E-state index contributed by atoms with van der Waals surface area (Å²) >= 11 is 0. The number of hydrogen-bond acceptors (Lipinski definition) is 2. The van der Waals surface area contributed by atoms with E-state index in [0.717, 1.165) is 19.3 Å². The zero-order chi connectivity index (χ0) is 16.9. The Bertz CT molecular complexity index is 754. The van der Waals surface area contributed by atoms with Gasteiger partial charge in [-0.25, -0.2) is 4.79 Å². The summed E-state index contributed by atoms with van der Waals surface area (Å²) in [6.07, 6.45) is 3.41. The molecule has 4 nitrogen and oxygen atoms in total. The molecule has 1 atom stereocenters. The fourth-order valence-corrected chi connectivity index (χ4v) is 3.42. The average molecular weight is 323 g/mol. The third kappa shape index (κ3) is 3.65. The molecule has 0 aromatic heterocycles. The van der Waals surface area contributed by atoms with Crippen LogP contribution in [0.5, 0.6) is 0 Å². The number of hydrogen-bond donors (Lipinski definition) is 2. The van der Waals surface area contributed by atoms with Crippen molar-refractivity contribution in [3.05, 3.63) is 70.8 Å². The maximum absolute atomic E-state index is 12.2. The van der Waals surface area contributed by atoms with Crippen molar-refractivity contribution >= 4 is 11.9 Å². The fourth-order valence-electron chi connectivity index (χ4n) is 3.42. The second-order valence-electron chi connectivity index (χ2n) is 6.23. The van der Waals surface area contributed by atoms with Gasteiger partial charge in [-0.15, -0.1) is 0 Å². The standard InChI is InChI=1S/C20H21NO3/c22-19(12-15-7-2-4-11-18(15)20(23)24)21-13-16-9-5-8-14-6-1-3-10-17(14)16/h1-4,6-7,10-11,16H,5,8-9,12-13H2,(H,21,22)(H,23,24). The van der Waals surface area contributed by atoms with Crippen molar-refractivity contribution in [1.82, 2.24) is 5.32 Å². The lowest BCUT2D eigenvalue weighted by Crippen LogP contribution is -2.31. The number of carbonyl (C=O) groups is 2. The van der Waals surface area contributed by atoms with E-state index in [4.69, 9.17) is 0 Å². The van der Waals surface area contributed by atoms with Gasteiger partial charge in [0.15, 0.2) is 0 Å². The Hall–Kier alpha value is -2.62. The molecular formula is C20H21NO3. The summed E-state index contributed by atoms with van der Waals surface area (Å²) in [5.41, 5.74) is 3.44. The highest BCUT2D eigenvalue weighted by Gasteiger charge is 2.20. The summed E-state index contributed by atoms with van der Waals surface area (Å²) in [7, 11) is 0. The molecule has 0 heterocycles. The Balaban J connectivity index is 1.62. The molecule has 24 heavy (non-hydrogen) atoms. The molecule has 4 heteroatoms. The monoisotopic (exact) mass is 323 g/mol. The lowest BCUT2D eigenvalue weighted by atomic mass is 9.83. The van der Waals surface area contributed by atoms with E-state index in [1.165, 1.54) is 17.2 Å². The third-order valence-electron chi connectivity index (χ3n) is 4.64. The molecule has 0 aliphatic heterocycles. The molecule has 2 N–H and O–H groups in total. The Labute approximate surface area is 141 Å². The predicted octanol–water partition coefficient (Wildman–Crippen LogP) is 3.16. The minimum atomic E-state index is -1.00. The topological polar surface area (TPSA) is 66.4 Å². The van der Waals surface area contributed by atoms with Gasteiger partial charge in [0, 0.05) is 12.5 Å². The van der Waals surface area contributed by atoms with Crippen molar-refractivity contribution in [2.24, 2.45) is 0 Å². The van der Waals surface area contributed by atoms with E-state index in [9.17, 15) is 14.7 Å². The molecule has 3 rings (SSSR count). The maximum atomic E-state index is 12.2. The van der Waals surface area contributed by atoms with Gasteiger partial charge in [-0.3, -0.25) is 4.79 Å². The molecule has 1 amide bonds. The minimum absolute atomic E-state index is 0.0941. The Kier molecular flexibility index (Phi) is 4.94. The van der Waals surface area contributed by atoms with Crippen LogP contribution in [0.1, 0.15) is 45.8 Å². The summed E-state index contributed by atoms with van der Waals surface area (Å²) in [6.45, 7) is 0.602. The molecule has 1 aliphatic carbocycles. The van der Waals surface area contributed by atoms with Crippen molar-refractivity contribution in [1.29, 1.82) is 0 Å². The van der Waals surface area contributed by atoms with Crippen LogP contribution in [0.3, 0.4) is 0 Å². The number of rotatable bonds is 5. The molecule has 0 radical (unpaired) electrons. The first kappa shape index (κ1) is 16.2. The van der Waals surface area contributed by atoms with Crippen molar-refractivity contribution in [2.45, 2.75) is 31.6 Å². The van der Waals surface area contributed by atoms with Gasteiger partial charge >= 0.3 is 5.97 Å². The van der Waals surface area contributed by atoms with Crippen molar-refractivity contribution in [3.63, 3.8) is 0 Å². The molecule has 0 spiro atoms. The number of carboxylic acid groups (broad SMARTS) is 1. The van der Waals surface area contributed by atoms with Crippen LogP contribution in [0, 0.1) is 0 Å². The predicted molar refractivity (Wildman–Crippen MR) is 92.2 cm³/mol. The van der Waals surface area contributed by atoms with Crippen LogP contribution in [0.15, 0.2) is 48.5 Å². The van der Waals surface area contributed by atoms with Gasteiger partial charge < -0.3 is 10.4 Å². The molecule has 124 valence electrons. The van der Waals surface area contributed by atoms with E-state index in [1.54, 1.807) is 18.2 Å². The van der Waals surface area contributed by atoms with Crippen molar-refractivity contribution in [2.75, 3.05) is 6.54 Å². The summed E-state index contributed by atoms with van der Waals surface area (Å²) in [5, 5.41) is 12.2. The molecular weight excluding hydrogens is 302 g/mol. The zero-order valence-electron chi connectivity index (χ0n) is 13.5. The number of aromatic carboxylic acids is 1. The van der Waals surface area contributed by atoms with Crippen LogP contribution >= 0.6 is 0 Å². The van der Waals surface area contributed by atoms with Crippen molar-refractivity contribution in [3.8, 4) is 0 Å². The quantitative estimate of drug-likeness (QED) is 0.888. The molecule has 2 aromatic carbocycles. The Morgan fingerprint density at radius 1 is 1.08 bits per heavy atom. The molecule has 0 fully saturated rings. The van der Waals surface area contributed by atoms with E-state index in [1.807, 2.05) is 6.07 Å². The molecule has 0 bridgehead atoms. The minimum Gasteiger partial charge on any atom is -0.478 e. The largest absolute Gasteiger partial charge is 0.478 e. The second-order valence-corrected chi connectivity index (χ2v) is 6.23. The first-order valence-electron chi connectivity index (χ1n) is 8.31. The molecule has 0 saturated heterocycles. The third-order valence-corrected chi connectivity index (χ3v) is 4.64. The normalized spacial score (nSPS) is 16.2. The molecule has 0 saturated carbocycles. The highest BCUT2D eigenvalue weighted by molar-refractivity contribution is 5.91. The number of benzene rings is 2. The lowest BCUT2D eigenvalue weighted by molar-refractivity contribution is -0.120. The molecule has 1 aliphatic rings. The van der Waals surface area contributed by atoms with E-state index in [-0.39, 0.29) is 17.9 Å². The van der Waals surface area contributed by atoms with Gasteiger partial charge in [0.05, 0.1) is 12.0 Å². The Morgan fingerprint density at radius 2 is 1.83 bits per heavy atom. The number of nitrogens with one attached hydrogen (secondary N) is 1. The van der Waals surface area contributed by atoms with Crippen LogP contribution < -0.4 is 5.32 Å². The summed E-state index contributed by atoms with van der Waals surface area (Å²) in [6, 6.07) is 15.1. The summed E-state index contributed by atoms with van der Waals surface area (Å²) in [4.78, 5) is 23.5. The number of carbonyl (C=O) groups excluding carboxylic acids is 1. The van der Waals surface area contributed by atoms with Crippen LogP contribution in [-0.2, 0) is 17.6 Å². The van der Waals surface area contributed by atoms with Crippen LogP contribution in [0.2, 0.25) is 0 Å². The van der Waals surface area contributed by atoms with Gasteiger partial charge in [0.25, 0.3) is 0 Å². The summed E-state index contributed by atoms with van der Waals surface area (Å²) < 4.78 is 0. The second kappa shape index (κ2) is 7.30. The summed E-state index contributed by atoms with van der Waals surface area (Å²) in [5.74, 6) is -0.792. The van der Waals surface area contributed by atoms with E-state index in [0.29, 0.717) is 18.0 Å². The fraction of sp³-hybridized carbons (Fsp3) is 0.300. The van der Waals surface area contributed by atoms with Crippen LogP contribution in [0.4, 0.5) is 0 Å². The van der Waals surface area contributed by atoms with E-state index in [2.05, 4.69) is 23.5 Å². The Morgan fingerprint density at radius 3 is 2.67 bits per heavy atom. The number of fused-ring (bicyclic) bond motifs is 1. The number of carboxylic acids is 1. The average Bonchev–Trinajstić information content (AvgIpc) is 2.60.